The monoisotopic (exact) mass is 243 g/mol. The van der Waals surface area contributed by atoms with Gasteiger partial charge in [0.25, 0.3) is 5.67 Å². The highest BCUT2D eigenvalue weighted by molar-refractivity contribution is 5.06. The summed E-state index contributed by atoms with van der Waals surface area (Å²) in [6, 6.07) is 0. The van der Waals surface area contributed by atoms with E-state index in [-0.39, 0.29) is 5.32 Å². The molecule has 0 spiro atoms. The highest BCUT2D eigenvalue weighted by atomic mass is 19.4. The van der Waals surface area contributed by atoms with Gasteiger partial charge in [-0.3, -0.25) is 0 Å². The lowest BCUT2D eigenvalue weighted by Crippen LogP contribution is -2.56. The number of hydrogen-bond donors (Lipinski definition) is 1. The summed E-state index contributed by atoms with van der Waals surface area (Å²) < 4.78 is 95.1. The fourth-order valence-corrected chi connectivity index (χ4v) is 0.612. The van der Waals surface area contributed by atoms with E-state index in [2.05, 4.69) is 6.58 Å². The van der Waals surface area contributed by atoms with Crippen molar-refractivity contribution in [1.29, 1.82) is 0 Å². The van der Waals surface area contributed by atoms with Crippen LogP contribution in [-0.4, -0.2) is 24.4 Å². The lowest BCUT2D eigenvalue weighted by atomic mass is 10.1. The van der Waals surface area contributed by atoms with Crippen LogP contribution in [0.5, 0.6) is 0 Å². The molecule has 0 aromatic carbocycles. The van der Waals surface area contributed by atoms with E-state index in [1.54, 1.807) is 0 Å². The summed E-state index contributed by atoms with van der Waals surface area (Å²) in [5.41, 5.74) is -4.79. The van der Waals surface area contributed by atoms with Gasteiger partial charge in [0, 0.05) is 0 Å². The summed E-state index contributed by atoms with van der Waals surface area (Å²) in [5, 5.41) is -0.116. The third-order valence-corrected chi connectivity index (χ3v) is 1.39. The van der Waals surface area contributed by atoms with Gasteiger partial charge in [-0.2, -0.15) is 31.7 Å². The first-order valence-electron chi connectivity index (χ1n) is 3.32. The number of nitrogens with one attached hydrogen (secondary N) is 1. The van der Waals surface area contributed by atoms with Crippen LogP contribution >= 0.6 is 0 Å². The van der Waals surface area contributed by atoms with Crippen LogP contribution in [0.4, 0.5) is 35.1 Å². The third-order valence-electron chi connectivity index (χ3n) is 1.39. The number of alkyl halides is 8. The van der Waals surface area contributed by atoms with Crippen molar-refractivity contribution >= 4 is 0 Å². The second kappa shape index (κ2) is 3.95. The Morgan fingerprint density at radius 3 is 1.60 bits per heavy atom. The van der Waals surface area contributed by atoms with Crippen LogP contribution in [0.25, 0.3) is 0 Å². The maximum absolute atomic E-state index is 12.8. The van der Waals surface area contributed by atoms with Crippen molar-refractivity contribution in [2.75, 3.05) is 0 Å². The van der Waals surface area contributed by atoms with Gasteiger partial charge < -0.3 is 0 Å². The fraction of sp³-hybridized carbons (Fsp3) is 0.667. The quantitative estimate of drug-likeness (QED) is 0.456. The van der Waals surface area contributed by atoms with Gasteiger partial charge >= 0.3 is 12.5 Å². The highest BCUT2D eigenvalue weighted by Crippen LogP contribution is 2.39. The Bertz CT molecular complexity index is 230. The number of rotatable bonds is 3. The highest BCUT2D eigenvalue weighted by Gasteiger charge is 2.61. The molecule has 2 unspecified atom stereocenters. The molecule has 0 heterocycles. The molecule has 0 saturated heterocycles. The first-order valence-corrected chi connectivity index (χ1v) is 3.32. The van der Waals surface area contributed by atoms with Gasteiger partial charge in [0.2, 0.25) is 6.30 Å². The standard InChI is InChI=1S/C6H5F8N/c1-2-4(8,5(9,10)11)3(7)15-6(12,13)14/h2-3,15H,1H2. The Labute approximate surface area is 78.7 Å². The van der Waals surface area contributed by atoms with Gasteiger partial charge in [-0.15, -0.1) is 0 Å². The SMILES string of the molecule is C=CC(F)(C(F)NC(F)(F)F)C(F)(F)F. The Morgan fingerprint density at radius 1 is 1.00 bits per heavy atom. The molecule has 1 nitrogen and oxygen atoms in total. The van der Waals surface area contributed by atoms with Crippen molar-refractivity contribution in [2.24, 2.45) is 0 Å². The molecule has 9 heteroatoms. The number of hydrogen-bond acceptors (Lipinski definition) is 1. The summed E-state index contributed by atoms with van der Waals surface area (Å²) in [6.07, 6.45) is -15.9. The molecule has 0 aliphatic heterocycles. The topological polar surface area (TPSA) is 12.0 Å². The second-order valence-electron chi connectivity index (χ2n) is 2.47. The van der Waals surface area contributed by atoms with Gasteiger partial charge in [-0.1, -0.05) is 6.58 Å². The normalized spacial score (nSPS) is 19.5. The van der Waals surface area contributed by atoms with Gasteiger partial charge in [-0.25, -0.2) is 8.78 Å². The molecule has 0 saturated carbocycles. The van der Waals surface area contributed by atoms with Crippen LogP contribution in [0.2, 0.25) is 0 Å². The lowest BCUT2D eigenvalue weighted by Gasteiger charge is -2.28. The second-order valence-corrected chi connectivity index (χ2v) is 2.47. The van der Waals surface area contributed by atoms with Crippen molar-refractivity contribution in [3.63, 3.8) is 0 Å². The fourth-order valence-electron chi connectivity index (χ4n) is 0.612. The molecular formula is C6H5F8N. The molecule has 0 aromatic heterocycles. The first kappa shape index (κ1) is 14.1. The third kappa shape index (κ3) is 3.33. The van der Waals surface area contributed by atoms with Gasteiger partial charge in [0.1, 0.15) is 0 Å². The minimum atomic E-state index is -5.83. The van der Waals surface area contributed by atoms with Crippen molar-refractivity contribution in [3.8, 4) is 0 Å². The van der Waals surface area contributed by atoms with E-state index in [1.165, 1.54) is 0 Å². The Kier molecular flexibility index (Phi) is 3.72. The van der Waals surface area contributed by atoms with E-state index in [0.717, 1.165) is 0 Å². The van der Waals surface area contributed by atoms with Crippen LogP contribution in [0.3, 0.4) is 0 Å². The molecular weight excluding hydrogens is 238 g/mol. The van der Waals surface area contributed by atoms with E-state index >= 15 is 0 Å². The smallest absolute Gasteiger partial charge is 0.226 e. The van der Waals surface area contributed by atoms with Gasteiger partial charge in [0.05, 0.1) is 0 Å². The minimum absolute atomic E-state index is 0.116. The Hall–Kier alpha value is -0.860. The van der Waals surface area contributed by atoms with E-state index in [4.69, 9.17) is 0 Å². The molecule has 0 amide bonds. The molecule has 1 N–H and O–H groups in total. The minimum Gasteiger partial charge on any atom is -0.226 e. The first-order chi connectivity index (χ1) is 6.44. The van der Waals surface area contributed by atoms with Crippen LogP contribution in [0.15, 0.2) is 12.7 Å². The maximum atomic E-state index is 12.8. The summed E-state index contributed by atoms with van der Waals surface area (Å²) >= 11 is 0. The predicted octanol–water partition coefficient (Wildman–Crippen LogP) is 2.85. The van der Waals surface area contributed by atoms with E-state index in [0.29, 0.717) is 0 Å². The average Bonchev–Trinajstić information content (AvgIpc) is 1.97. The Balaban J connectivity index is 4.91. The summed E-state index contributed by atoms with van der Waals surface area (Å²) in [5.74, 6) is 0. The molecule has 0 aliphatic rings. The largest absolute Gasteiger partial charge is 0.459 e. The van der Waals surface area contributed by atoms with Crippen LogP contribution < -0.4 is 5.32 Å². The molecule has 0 rings (SSSR count). The van der Waals surface area contributed by atoms with Crippen molar-refractivity contribution in [2.45, 2.75) is 24.4 Å². The predicted molar refractivity (Wildman–Crippen MR) is 34.2 cm³/mol. The van der Waals surface area contributed by atoms with Crippen LogP contribution in [0.1, 0.15) is 0 Å². The molecule has 0 aromatic rings. The van der Waals surface area contributed by atoms with E-state index < -0.39 is 30.5 Å². The summed E-state index contributed by atoms with van der Waals surface area (Å²) in [7, 11) is 0. The molecule has 0 radical (unpaired) electrons. The zero-order valence-electron chi connectivity index (χ0n) is 6.89. The molecule has 15 heavy (non-hydrogen) atoms. The molecule has 2 atom stereocenters. The van der Waals surface area contributed by atoms with Crippen molar-refractivity contribution in [1.82, 2.24) is 5.32 Å². The molecule has 0 aliphatic carbocycles. The summed E-state index contributed by atoms with van der Waals surface area (Å²) in [6.45, 7) is 2.31. The van der Waals surface area contributed by atoms with Crippen molar-refractivity contribution in [3.05, 3.63) is 12.7 Å². The average molecular weight is 243 g/mol. The van der Waals surface area contributed by atoms with Gasteiger partial charge in [-0.05, 0) is 6.08 Å². The zero-order valence-corrected chi connectivity index (χ0v) is 6.89. The Morgan fingerprint density at radius 2 is 1.40 bits per heavy atom. The molecule has 0 bridgehead atoms. The molecule has 90 valence electrons. The lowest BCUT2D eigenvalue weighted by molar-refractivity contribution is -0.255. The van der Waals surface area contributed by atoms with Crippen LogP contribution in [-0.2, 0) is 0 Å². The van der Waals surface area contributed by atoms with E-state index in [9.17, 15) is 35.1 Å². The maximum Gasteiger partial charge on any atom is 0.459 e. The zero-order chi connectivity index (χ0) is 12.5. The molecule has 0 fully saturated rings. The van der Waals surface area contributed by atoms with Crippen LogP contribution in [0, 0.1) is 0 Å². The van der Waals surface area contributed by atoms with Crippen molar-refractivity contribution < 1.29 is 35.1 Å². The van der Waals surface area contributed by atoms with Gasteiger partial charge in [0.15, 0.2) is 0 Å². The summed E-state index contributed by atoms with van der Waals surface area (Å²) in [4.78, 5) is 0. The van der Waals surface area contributed by atoms with E-state index in [1.807, 2.05) is 0 Å². The number of halogens is 8.